The number of thiazole rings is 1. The van der Waals surface area contributed by atoms with Crippen LogP contribution in [0.15, 0.2) is 11.7 Å². The lowest BCUT2D eigenvalue weighted by atomic mass is 10.3. The standard InChI is InChI=1S/C10H11ClN4S/c1-6-9(11)13-5-14-10(6)12-3-8-4-16-7(2)15-8/h4-5H,3H2,1-2H3,(H,12,13,14). The molecular weight excluding hydrogens is 244 g/mol. The smallest absolute Gasteiger partial charge is 0.137 e. The first-order valence-corrected chi connectivity index (χ1v) is 6.04. The molecule has 84 valence electrons. The summed E-state index contributed by atoms with van der Waals surface area (Å²) in [7, 11) is 0. The maximum Gasteiger partial charge on any atom is 0.137 e. The summed E-state index contributed by atoms with van der Waals surface area (Å²) in [5.74, 6) is 0.755. The predicted octanol–water partition coefficient (Wildman–Crippen LogP) is 2.82. The van der Waals surface area contributed by atoms with Crippen molar-refractivity contribution in [1.82, 2.24) is 15.0 Å². The van der Waals surface area contributed by atoms with Gasteiger partial charge in [0.05, 0.1) is 17.2 Å². The minimum Gasteiger partial charge on any atom is -0.364 e. The van der Waals surface area contributed by atoms with E-state index in [9.17, 15) is 0 Å². The third-order valence-electron chi connectivity index (χ3n) is 2.13. The number of nitrogens with zero attached hydrogens (tertiary/aromatic N) is 3. The summed E-state index contributed by atoms with van der Waals surface area (Å²) in [6.45, 7) is 4.52. The third kappa shape index (κ3) is 2.48. The fourth-order valence-corrected chi connectivity index (χ4v) is 2.02. The van der Waals surface area contributed by atoms with Gasteiger partial charge in [-0.25, -0.2) is 15.0 Å². The van der Waals surface area contributed by atoms with E-state index in [1.54, 1.807) is 11.3 Å². The van der Waals surface area contributed by atoms with Crippen molar-refractivity contribution in [3.8, 4) is 0 Å². The molecule has 0 radical (unpaired) electrons. The molecule has 0 aliphatic carbocycles. The zero-order valence-corrected chi connectivity index (χ0v) is 10.6. The van der Waals surface area contributed by atoms with Crippen LogP contribution in [-0.4, -0.2) is 15.0 Å². The van der Waals surface area contributed by atoms with Crippen LogP contribution in [0.5, 0.6) is 0 Å². The Balaban J connectivity index is 2.07. The topological polar surface area (TPSA) is 50.7 Å². The molecule has 0 aliphatic heterocycles. The van der Waals surface area contributed by atoms with Gasteiger partial charge in [0.1, 0.15) is 17.3 Å². The van der Waals surface area contributed by atoms with Gasteiger partial charge in [0.15, 0.2) is 0 Å². The van der Waals surface area contributed by atoms with E-state index in [2.05, 4.69) is 20.3 Å². The molecule has 2 rings (SSSR count). The van der Waals surface area contributed by atoms with Crippen LogP contribution < -0.4 is 5.32 Å². The van der Waals surface area contributed by atoms with Crippen molar-refractivity contribution in [2.75, 3.05) is 5.32 Å². The summed E-state index contributed by atoms with van der Waals surface area (Å²) in [6, 6.07) is 0. The Morgan fingerprint density at radius 1 is 1.38 bits per heavy atom. The molecule has 0 amide bonds. The van der Waals surface area contributed by atoms with E-state index < -0.39 is 0 Å². The normalized spacial score (nSPS) is 10.4. The molecular formula is C10H11ClN4S. The number of hydrogen-bond donors (Lipinski definition) is 1. The van der Waals surface area contributed by atoms with Gasteiger partial charge in [0.25, 0.3) is 0 Å². The summed E-state index contributed by atoms with van der Waals surface area (Å²) in [5.41, 5.74) is 1.87. The minimum atomic E-state index is 0.479. The highest BCUT2D eigenvalue weighted by Gasteiger charge is 2.05. The number of rotatable bonds is 3. The van der Waals surface area contributed by atoms with Gasteiger partial charge in [-0.05, 0) is 13.8 Å². The minimum absolute atomic E-state index is 0.479. The molecule has 2 heterocycles. The number of nitrogens with one attached hydrogen (secondary N) is 1. The van der Waals surface area contributed by atoms with Crippen molar-refractivity contribution in [2.45, 2.75) is 20.4 Å². The van der Waals surface area contributed by atoms with E-state index in [-0.39, 0.29) is 0 Å². The van der Waals surface area contributed by atoms with Crippen molar-refractivity contribution in [3.05, 3.63) is 33.1 Å². The van der Waals surface area contributed by atoms with Crippen molar-refractivity contribution in [1.29, 1.82) is 0 Å². The number of aromatic nitrogens is 3. The Morgan fingerprint density at radius 3 is 2.88 bits per heavy atom. The lowest BCUT2D eigenvalue weighted by molar-refractivity contribution is 1.02. The fraction of sp³-hybridized carbons (Fsp3) is 0.300. The first-order chi connectivity index (χ1) is 7.66. The van der Waals surface area contributed by atoms with Gasteiger partial charge >= 0.3 is 0 Å². The van der Waals surface area contributed by atoms with Crippen LogP contribution >= 0.6 is 22.9 Å². The fourth-order valence-electron chi connectivity index (χ4n) is 1.27. The number of hydrogen-bond acceptors (Lipinski definition) is 5. The van der Waals surface area contributed by atoms with Crippen molar-refractivity contribution in [2.24, 2.45) is 0 Å². The summed E-state index contributed by atoms with van der Waals surface area (Å²) < 4.78 is 0. The summed E-state index contributed by atoms with van der Waals surface area (Å²) in [4.78, 5) is 12.4. The zero-order valence-electron chi connectivity index (χ0n) is 8.99. The van der Waals surface area contributed by atoms with Gasteiger partial charge < -0.3 is 5.32 Å². The average molecular weight is 255 g/mol. The second kappa shape index (κ2) is 4.76. The van der Waals surface area contributed by atoms with Gasteiger partial charge in [-0.15, -0.1) is 11.3 Å². The average Bonchev–Trinajstić information content (AvgIpc) is 2.67. The van der Waals surface area contributed by atoms with Gasteiger partial charge in [0, 0.05) is 10.9 Å². The molecule has 2 aromatic rings. The van der Waals surface area contributed by atoms with Crippen LogP contribution in [0.1, 0.15) is 16.3 Å². The molecule has 4 nitrogen and oxygen atoms in total. The zero-order chi connectivity index (χ0) is 11.5. The highest BCUT2D eigenvalue weighted by molar-refractivity contribution is 7.09. The largest absolute Gasteiger partial charge is 0.364 e. The van der Waals surface area contributed by atoms with E-state index >= 15 is 0 Å². The Hall–Kier alpha value is -1.20. The second-order valence-corrected chi connectivity index (χ2v) is 4.77. The summed E-state index contributed by atoms with van der Waals surface area (Å²) >= 11 is 7.53. The van der Waals surface area contributed by atoms with E-state index in [4.69, 9.17) is 11.6 Å². The number of anilines is 1. The monoisotopic (exact) mass is 254 g/mol. The molecule has 0 saturated heterocycles. The molecule has 0 bridgehead atoms. The van der Waals surface area contributed by atoms with Gasteiger partial charge in [-0.1, -0.05) is 11.6 Å². The predicted molar refractivity (Wildman–Crippen MR) is 66.0 cm³/mol. The lowest BCUT2D eigenvalue weighted by Gasteiger charge is -2.06. The summed E-state index contributed by atoms with van der Waals surface area (Å²) in [6.07, 6.45) is 1.45. The van der Waals surface area contributed by atoms with Gasteiger partial charge in [0.2, 0.25) is 0 Å². The van der Waals surface area contributed by atoms with Crippen molar-refractivity contribution >= 4 is 28.8 Å². The molecule has 6 heteroatoms. The lowest BCUT2D eigenvalue weighted by Crippen LogP contribution is -2.04. The molecule has 2 aromatic heterocycles. The number of halogens is 1. The Bertz CT molecular complexity index is 497. The SMILES string of the molecule is Cc1nc(CNc2ncnc(Cl)c2C)cs1. The molecule has 1 N–H and O–H groups in total. The quantitative estimate of drug-likeness (QED) is 0.856. The van der Waals surface area contributed by atoms with E-state index in [1.807, 2.05) is 19.2 Å². The van der Waals surface area contributed by atoms with Crippen molar-refractivity contribution < 1.29 is 0 Å². The van der Waals surface area contributed by atoms with Crippen molar-refractivity contribution in [3.63, 3.8) is 0 Å². The molecule has 0 spiro atoms. The van der Waals surface area contributed by atoms with Gasteiger partial charge in [-0.3, -0.25) is 0 Å². The molecule has 0 fully saturated rings. The summed E-state index contributed by atoms with van der Waals surface area (Å²) in [5, 5.41) is 6.76. The molecule has 0 aromatic carbocycles. The van der Waals surface area contributed by atoms with E-state index in [1.165, 1.54) is 6.33 Å². The van der Waals surface area contributed by atoms with Crippen LogP contribution in [-0.2, 0) is 6.54 Å². The van der Waals surface area contributed by atoms with E-state index in [0.717, 1.165) is 22.1 Å². The molecule has 16 heavy (non-hydrogen) atoms. The van der Waals surface area contributed by atoms with Crippen LogP contribution in [0.2, 0.25) is 5.15 Å². The van der Waals surface area contributed by atoms with Crippen LogP contribution in [0.25, 0.3) is 0 Å². The first-order valence-electron chi connectivity index (χ1n) is 4.79. The Labute approximate surface area is 103 Å². The highest BCUT2D eigenvalue weighted by atomic mass is 35.5. The Kier molecular flexibility index (Phi) is 3.36. The van der Waals surface area contributed by atoms with Crippen LogP contribution in [0.4, 0.5) is 5.82 Å². The molecule has 0 saturated carbocycles. The molecule has 0 unspecified atom stereocenters. The third-order valence-corrected chi connectivity index (χ3v) is 3.33. The maximum atomic E-state index is 5.90. The second-order valence-electron chi connectivity index (χ2n) is 3.35. The number of aryl methyl sites for hydroxylation is 1. The van der Waals surface area contributed by atoms with E-state index in [0.29, 0.717) is 11.7 Å². The Morgan fingerprint density at radius 2 is 2.19 bits per heavy atom. The van der Waals surface area contributed by atoms with Gasteiger partial charge in [-0.2, -0.15) is 0 Å². The maximum absolute atomic E-state index is 5.90. The molecule has 0 aliphatic rings. The molecule has 0 atom stereocenters. The first kappa shape index (κ1) is 11.3. The highest BCUT2D eigenvalue weighted by Crippen LogP contribution is 2.18. The van der Waals surface area contributed by atoms with Crippen LogP contribution in [0, 0.1) is 13.8 Å². The van der Waals surface area contributed by atoms with Crippen LogP contribution in [0.3, 0.4) is 0 Å².